The zero-order chi connectivity index (χ0) is 32.3. The molecule has 9 heteroatoms. The molecule has 1 atom stereocenters. The molecule has 0 saturated carbocycles. The van der Waals surface area contributed by atoms with Gasteiger partial charge in [-0.05, 0) is 71.8 Å². The topological polar surface area (TPSA) is 96.5 Å². The largest absolute Gasteiger partial charge is 0.495 e. The highest BCUT2D eigenvalue weighted by molar-refractivity contribution is 8.00. The van der Waals surface area contributed by atoms with Crippen LogP contribution in [0.15, 0.2) is 144 Å². The van der Waals surface area contributed by atoms with Gasteiger partial charge < -0.3 is 20.7 Å². The molecule has 0 radical (unpaired) electrons. The van der Waals surface area contributed by atoms with Crippen LogP contribution in [0.25, 0.3) is 6.08 Å². The van der Waals surface area contributed by atoms with E-state index < -0.39 is 17.1 Å². The van der Waals surface area contributed by atoms with Crippen molar-refractivity contribution >= 4 is 58.5 Å². The van der Waals surface area contributed by atoms with E-state index in [0.717, 1.165) is 16.0 Å². The molecule has 0 bridgehead atoms. The van der Waals surface area contributed by atoms with Crippen LogP contribution in [-0.2, 0) is 9.59 Å². The summed E-state index contributed by atoms with van der Waals surface area (Å²) in [6.07, 6.45) is 1.62. The number of rotatable bonds is 11. The Morgan fingerprint density at radius 2 is 1.39 bits per heavy atom. The highest BCUT2D eigenvalue weighted by Gasteiger charge is 2.24. The lowest BCUT2D eigenvalue weighted by atomic mass is 10.1. The second-order valence-corrected chi connectivity index (χ2v) is 11.6. The second kappa shape index (κ2) is 15.6. The van der Waals surface area contributed by atoms with Crippen LogP contribution < -0.4 is 20.7 Å². The third kappa shape index (κ3) is 8.65. The summed E-state index contributed by atoms with van der Waals surface area (Å²) < 4.78 is 5.40. The molecule has 0 aliphatic carbocycles. The monoisotopic (exact) mass is 647 g/mol. The molecule has 46 heavy (non-hydrogen) atoms. The summed E-state index contributed by atoms with van der Waals surface area (Å²) >= 11 is 7.54. The predicted molar refractivity (Wildman–Crippen MR) is 185 cm³/mol. The maximum absolute atomic E-state index is 13.6. The second-order valence-electron chi connectivity index (χ2n) is 10.0. The number of hydrogen-bond acceptors (Lipinski definition) is 5. The highest BCUT2D eigenvalue weighted by Crippen LogP contribution is 2.38. The predicted octanol–water partition coefficient (Wildman–Crippen LogP) is 8.23. The first-order valence-corrected chi connectivity index (χ1v) is 15.6. The van der Waals surface area contributed by atoms with Crippen LogP contribution in [0.3, 0.4) is 0 Å². The van der Waals surface area contributed by atoms with E-state index in [1.807, 2.05) is 78.9 Å². The Kier molecular flexibility index (Phi) is 10.9. The number of hydrogen-bond donors (Lipinski definition) is 3. The number of methoxy groups -OCH3 is 1. The summed E-state index contributed by atoms with van der Waals surface area (Å²) in [7, 11) is 1.53. The summed E-state index contributed by atoms with van der Waals surface area (Å²) in [4.78, 5) is 40.7. The molecule has 5 aromatic rings. The molecule has 1 unspecified atom stereocenters. The summed E-state index contributed by atoms with van der Waals surface area (Å²) in [6.45, 7) is 0. The molecule has 0 heterocycles. The fraction of sp³-hybridized carbons (Fsp3) is 0.0541. The van der Waals surface area contributed by atoms with Crippen LogP contribution in [-0.4, -0.2) is 24.8 Å². The normalized spacial score (nSPS) is 11.7. The lowest BCUT2D eigenvalue weighted by Gasteiger charge is -2.18. The van der Waals surface area contributed by atoms with E-state index in [2.05, 4.69) is 16.0 Å². The molecule has 0 fully saturated rings. The summed E-state index contributed by atoms with van der Waals surface area (Å²) in [5, 5.41) is 8.44. The van der Waals surface area contributed by atoms with Gasteiger partial charge in [-0.15, -0.1) is 11.8 Å². The highest BCUT2D eigenvalue weighted by atomic mass is 35.5. The molecule has 3 amide bonds. The number of carbonyl (C=O) groups is 3. The van der Waals surface area contributed by atoms with E-state index in [9.17, 15) is 14.4 Å². The van der Waals surface area contributed by atoms with Crippen molar-refractivity contribution in [1.82, 2.24) is 5.32 Å². The van der Waals surface area contributed by atoms with Crippen LogP contribution in [0.2, 0.25) is 5.02 Å². The van der Waals surface area contributed by atoms with E-state index >= 15 is 0 Å². The quantitative estimate of drug-likeness (QED) is 0.0991. The van der Waals surface area contributed by atoms with Gasteiger partial charge in [0.1, 0.15) is 16.7 Å². The Morgan fingerprint density at radius 3 is 2.04 bits per heavy atom. The van der Waals surface area contributed by atoms with Crippen molar-refractivity contribution in [3.8, 4) is 5.75 Å². The molecule has 7 nitrogen and oxygen atoms in total. The van der Waals surface area contributed by atoms with Crippen LogP contribution in [0.4, 0.5) is 11.4 Å². The number of benzene rings is 5. The van der Waals surface area contributed by atoms with Crippen molar-refractivity contribution < 1.29 is 19.1 Å². The molecule has 0 aliphatic heterocycles. The molecular formula is C37H30ClN3O4S. The van der Waals surface area contributed by atoms with Crippen molar-refractivity contribution in [2.45, 2.75) is 10.1 Å². The van der Waals surface area contributed by atoms with Gasteiger partial charge in [-0.2, -0.15) is 0 Å². The maximum Gasteiger partial charge on any atom is 0.272 e. The first-order valence-electron chi connectivity index (χ1n) is 14.3. The molecule has 3 N–H and O–H groups in total. The van der Waals surface area contributed by atoms with E-state index in [0.29, 0.717) is 27.7 Å². The molecule has 0 aromatic heterocycles. The molecule has 0 aliphatic rings. The van der Waals surface area contributed by atoms with E-state index in [1.54, 1.807) is 60.7 Å². The standard InChI is InChI=1S/C37H30ClN3O4S/c1-45-33-22-17-28(38)24-31(33)40-37(44)34(26-13-7-3-8-14-26)46-30-20-18-29(19-21-30)39-36(43)32(23-25-11-5-2-6-12-25)41-35(42)27-15-9-4-10-16-27/h2-24,34H,1H3,(H,39,43)(H,40,44)(H,41,42)/b32-23-. The Labute approximate surface area is 276 Å². The van der Waals surface area contributed by atoms with Crippen LogP contribution >= 0.6 is 23.4 Å². The van der Waals surface area contributed by atoms with Crippen molar-refractivity contribution in [2.75, 3.05) is 17.7 Å². The van der Waals surface area contributed by atoms with Gasteiger partial charge in [0.25, 0.3) is 11.8 Å². The van der Waals surface area contributed by atoms with Gasteiger partial charge in [0.2, 0.25) is 5.91 Å². The average Bonchev–Trinajstić information content (AvgIpc) is 3.09. The maximum atomic E-state index is 13.6. The van der Waals surface area contributed by atoms with Crippen LogP contribution in [0.1, 0.15) is 26.7 Å². The van der Waals surface area contributed by atoms with Gasteiger partial charge in [0, 0.05) is 21.2 Å². The summed E-state index contributed by atoms with van der Waals surface area (Å²) in [5.74, 6) is -0.634. The lowest BCUT2D eigenvalue weighted by molar-refractivity contribution is -0.116. The van der Waals surface area contributed by atoms with E-state index in [1.165, 1.54) is 18.9 Å². The van der Waals surface area contributed by atoms with Gasteiger partial charge in [0.05, 0.1) is 12.8 Å². The average molecular weight is 648 g/mol. The van der Waals surface area contributed by atoms with Gasteiger partial charge in [-0.1, -0.05) is 90.5 Å². The van der Waals surface area contributed by atoms with Crippen LogP contribution in [0.5, 0.6) is 5.75 Å². The first kappa shape index (κ1) is 32.1. The van der Waals surface area contributed by atoms with Crippen molar-refractivity contribution in [2.24, 2.45) is 0 Å². The molecule has 0 spiro atoms. The summed E-state index contributed by atoms with van der Waals surface area (Å²) in [5.41, 5.74) is 3.09. The minimum Gasteiger partial charge on any atom is -0.495 e. The Hall–Kier alpha value is -5.31. The van der Waals surface area contributed by atoms with Gasteiger partial charge in [0.15, 0.2) is 0 Å². The van der Waals surface area contributed by atoms with Gasteiger partial charge in [-0.3, -0.25) is 14.4 Å². The lowest BCUT2D eigenvalue weighted by Crippen LogP contribution is -2.30. The Balaban J connectivity index is 1.33. The molecule has 5 aromatic carbocycles. The van der Waals surface area contributed by atoms with Crippen molar-refractivity contribution in [3.05, 3.63) is 161 Å². The van der Waals surface area contributed by atoms with E-state index in [4.69, 9.17) is 16.3 Å². The van der Waals surface area contributed by atoms with E-state index in [-0.39, 0.29) is 11.6 Å². The van der Waals surface area contributed by atoms with Gasteiger partial charge >= 0.3 is 0 Å². The minimum atomic E-state index is -0.598. The number of nitrogens with one attached hydrogen (secondary N) is 3. The fourth-order valence-electron chi connectivity index (χ4n) is 4.49. The molecule has 0 saturated heterocycles. The van der Waals surface area contributed by atoms with Crippen molar-refractivity contribution in [1.29, 1.82) is 0 Å². The third-order valence-corrected chi connectivity index (χ3v) is 8.27. The SMILES string of the molecule is COc1ccc(Cl)cc1NC(=O)C(Sc1ccc(NC(=O)/C(=C/c2ccccc2)NC(=O)c2ccccc2)cc1)c1ccccc1. The van der Waals surface area contributed by atoms with Crippen molar-refractivity contribution in [3.63, 3.8) is 0 Å². The Bertz CT molecular complexity index is 1830. The number of thioether (sulfide) groups is 1. The zero-order valence-electron chi connectivity index (χ0n) is 24.8. The number of ether oxygens (including phenoxy) is 1. The Morgan fingerprint density at radius 1 is 0.761 bits per heavy atom. The summed E-state index contributed by atoms with van der Waals surface area (Å²) in [6, 6.07) is 39.6. The number of halogens is 1. The number of amides is 3. The van der Waals surface area contributed by atoms with Crippen LogP contribution in [0, 0.1) is 0 Å². The first-order chi connectivity index (χ1) is 22.4. The molecule has 230 valence electrons. The number of carbonyl (C=O) groups excluding carboxylic acids is 3. The number of anilines is 2. The third-order valence-electron chi connectivity index (χ3n) is 6.77. The zero-order valence-corrected chi connectivity index (χ0v) is 26.3. The van der Waals surface area contributed by atoms with Gasteiger partial charge in [-0.25, -0.2) is 0 Å². The minimum absolute atomic E-state index is 0.0933. The molecule has 5 rings (SSSR count). The fourth-order valence-corrected chi connectivity index (χ4v) is 5.68. The smallest absolute Gasteiger partial charge is 0.272 e. The molecular weight excluding hydrogens is 618 g/mol.